The smallest absolute Gasteiger partial charge is 0.264 e. The lowest BCUT2D eigenvalue weighted by Gasteiger charge is -2.53. The molecular weight excluding hydrogens is 388 g/mol. The van der Waals surface area contributed by atoms with Crippen LogP contribution < -0.4 is 10.4 Å². The highest BCUT2D eigenvalue weighted by Crippen LogP contribution is 2.51. The lowest BCUT2D eigenvalue weighted by atomic mass is 9.83. The minimum absolute atomic E-state index is 0.0492. The SMILES string of the molecule is CC(C)(C)[Si](c1ccccc1)(c1ccccc1)C1CC(COS(C)(=O)=O)C1=O. The van der Waals surface area contributed by atoms with Crippen molar-refractivity contribution in [2.45, 2.75) is 37.8 Å². The Morgan fingerprint density at radius 3 is 1.79 bits per heavy atom. The number of benzene rings is 2. The van der Waals surface area contributed by atoms with E-state index in [2.05, 4.69) is 45.0 Å². The Morgan fingerprint density at radius 1 is 0.964 bits per heavy atom. The fourth-order valence-corrected chi connectivity index (χ4v) is 11.8. The van der Waals surface area contributed by atoms with Gasteiger partial charge in [-0.25, -0.2) is 0 Å². The van der Waals surface area contributed by atoms with Gasteiger partial charge in [0.25, 0.3) is 10.1 Å². The van der Waals surface area contributed by atoms with E-state index in [4.69, 9.17) is 4.18 Å². The molecule has 0 radical (unpaired) electrons. The maximum absolute atomic E-state index is 13.3. The maximum Gasteiger partial charge on any atom is 0.264 e. The number of carbonyl (C=O) groups is 1. The summed E-state index contributed by atoms with van der Waals surface area (Å²) in [6, 6.07) is 20.8. The third-order valence-corrected chi connectivity index (χ3v) is 12.9. The van der Waals surface area contributed by atoms with Crippen molar-refractivity contribution in [3.63, 3.8) is 0 Å². The van der Waals surface area contributed by atoms with Crippen LogP contribution in [0.4, 0.5) is 0 Å². The second kappa shape index (κ2) is 7.58. The fraction of sp³-hybridized carbons (Fsp3) is 0.409. The Labute approximate surface area is 169 Å². The second-order valence-electron chi connectivity index (χ2n) is 8.67. The summed E-state index contributed by atoms with van der Waals surface area (Å²) in [7, 11) is -6.05. The monoisotopic (exact) mass is 416 g/mol. The molecule has 150 valence electrons. The van der Waals surface area contributed by atoms with Crippen LogP contribution in [0.25, 0.3) is 0 Å². The van der Waals surface area contributed by atoms with Gasteiger partial charge in [-0.2, -0.15) is 8.42 Å². The van der Waals surface area contributed by atoms with Crippen LogP contribution in [0, 0.1) is 5.92 Å². The molecule has 0 bridgehead atoms. The topological polar surface area (TPSA) is 60.4 Å². The summed E-state index contributed by atoms with van der Waals surface area (Å²) in [6.45, 7) is 6.64. The van der Waals surface area contributed by atoms with E-state index in [9.17, 15) is 13.2 Å². The zero-order valence-electron chi connectivity index (χ0n) is 16.9. The first-order chi connectivity index (χ1) is 13.1. The molecule has 2 aromatic carbocycles. The lowest BCUT2D eigenvalue weighted by molar-refractivity contribution is -0.130. The molecule has 2 unspecified atom stereocenters. The van der Waals surface area contributed by atoms with Crippen LogP contribution >= 0.6 is 0 Å². The Morgan fingerprint density at radius 2 is 1.43 bits per heavy atom. The Bertz CT molecular complexity index is 894. The van der Waals surface area contributed by atoms with Crippen molar-refractivity contribution >= 4 is 34.3 Å². The number of carbonyl (C=O) groups excluding carboxylic acids is 1. The molecule has 1 fully saturated rings. The highest BCUT2D eigenvalue weighted by molar-refractivity contribution is 7.85. The Hall–Kier alpha value is -1.76. The van der Waals surface area contributed by atoms with E-state index in [0.717, 1.165) is 6.26 Å². The van der Waals surface area contributed by atoms with Crippen molar-refractivity contribution in [1.29, 1.82) is 0 Å². The molecule has 28 heavy (non-hydrogen) atoms. The molecule has 1 aliphatic rings. The van der Waals surface area contributed by atoms with Gasteiger partial charge in [0.05, 0.1) is 12.9 Å². The van der Waals surface area contributed by atoms with E-state index in [1.165, 1.54) is 10.4 Å². The third-order valence-electron chi connectivity index (χ3n) is 5.91. The molecule has 0 amide bonds. The van der Waals surface area contributed by atoms with Crippen molar-refractivity contribution in [1.82, 2.24) is 0 Å². The van der Waals surface area contributed by atoms with E-state index < -0.39 is 18.2 Å². The highest BCUT2D eigenvalue weighted by Gasteiger charge is 2.60. The van der Waals surface area contributed by atoms with Gasteiger partial charge in [0, 0.05) is 11.5 Å². The summed E-state index contributed by atoms with van der Waals surface area (Å²) in [6.07, 6.45) is 1.69. The van der Waals surface area contributed by atoms with E-state index in [1.807, 2.05) is 36.4 Å². The number of hydrogen-bond acceptors (Lipinski definition) is 4. The Balaban J connectivity index is 2.07. The second-order valence-corrected chi connectivity index (χ2v) is 15.3. The van der Waals surface area contributed by atoms with Crippen LogP contribution in [0.2, 0.25) is 10.6 Å². The summed E-state index contributed by atoms with van der Waals surface area (Å²) in [4.78, 5) is 13.3. The molecule has 0 heterocycles. The van der Waals surface area contributed by atoms with Gasteiger partial charge >= 0.3 is 0 Å². The minimum atomic E-state index is -3.55. The van der Waals surface area contributed by atoms with Crippen molar-refractivity contribution in [2.75, 3.05) is 12.9 Å². The van der Waals surface area contributed by atoms with Crippen molar-refractivity contribution in [2.24, 2.45) is 5.92 Å². The third kappa shape index (κ3) is 3.73. The Kier molecular flexibility index (Phi) is 5.67. The minimum Gasteiger partial charge on any atom is -0.299 e. The summed E-state index contributed by atoms with van der Waals surface area (Å²) >= 11 is 0. The van der Waals surface area contributed by atoms with E-state index in [1.54, 1.807) is 0 Å². The average Bonchev–Trinajstić information content (AvgIpc) is 2.63. The quantitative estimate of drug-likeness (QED) is 0.537. The molecule has 6 heteroatoms. The molecule has 3 rings (SSSR count). The number of rotatable bonds is 6. The van der Waals surface area contributed by atoms with Crippen LogP contribution in [0.15, 0.2) is 60.7 Å². The fourth-order valence-electron chi connectivity index (χ4n) is 4.75. The zero-order valence-corrected chi connectivity index (χ0v) is 18.7. The number of ketones is 1. The summed E-state index contributed by atoms with van der Waals surface area (Å²) in [5.74, 6) is -0.209. The molecule has 1 aliphatic carbocycles. The van der Waals surface area contributed by atoms with E-state index in [-0.39, 0.29) is 28.9 Å². The van der Waals surface area contributed by atoms with Crippen molar-refractivity contribution in [3.8, 4) is 0 Å². The average molecular weight is 417 g/mol. The molecule has 0 N–H and O–H groups in total. The van der Waals surface area contributed by atoms with Crippen LogP contribution in [-0.2, 0) is 19.1 Å². The summed E-state index contributed by atoms with van der Waals surface area (Å²) in [5.41, 5.74) is -0.0922. The zero-order chi connectivity index (χ0) is 20.6. The first-order valence-corrected chi connectivity index (χ1v) is 13.5. The molecule has 0 saturated heterocycles. The predicted molar refractivity (Wildman–Crippen MR) is 115 cm³/mol. The number of Topliss-reactive ketones (excluding diaryl/α,β-unsaturated/α-hetero) is 1. The molecule has 4 nitrogen and oxygen atoms in total. The van der Waals surface area contributed by atoms with E-state index in [0.29, 0.717) is 6.42 Å². The lowest BCUT2D eigenvalue weighted by Crippen LogP contribution is -2.71. The molecule has 0 spiro atoms. The van der Waals surface area contributed by atoms with Gasteiger partial charge in [0.2, 0.25) is 0 Å². The molecular formula is C22H28O4SSi. The van der Waals surface area contributed by atoms with Gasteiger partial charge in [-0.15, -0.1) is 0 Å². The van der Waals surface area contributed by atoms with Crippen LogP contribution in [-0.4, -0.2) is 35.1 Å². The van der Waals surface area contributed by atoms with Gasteiger partial charge in [-0.3, -0.25) is 8.98 Å². The summed E-state index contributed by atoms with van der Waals surface area (Å²) < 4.78 is 27.6. The largest absolute Gasteiger partial charge is 0.299 e. The normalized spacial score (nSPS) is 20.6. The highest BCUT2D eigenvalue weighted by atomic mass is 32.2. The van der Waals surface area contributed by atoms with Crippen LogP contribution in [0.1, 0.15) is 27.2 Å². The molecule has 2 atom stereocenters. The van der Waals surface area contributed by atoms with Crippen LogP contribution in [0.3, 0.4) is 0 Å². The van der Waals surface area contributed by atoms with Gasteiger partial charge in [0.1, 0.15) is 13.9 Å². The predicted octanol–water partition coefficient (Wildman–Crippen LogP) is 2.99. The maximum atomic E-state index is 13.3. The van der Waals surface area contributed by atoms with Gasteiger partial charge in [-0.05, 0) is 11.5 Å². The molecule has 1 saturated carbocycles. The molecule has 0 aliphatic heterocycles. The van der Waals surface area contributed by atoms with Gasteiger partial charge in [0.15, 0.2) is 0 Å². The van der Waals surface area contributed by atoms with E-state index >= 15 is 0 Å². The summed E-state index contributed by atoms with van der Waals surface area (Å²) in [5, 5.41) is 2.39. The van der Waals surface area contributed by atoms with Crippen molar-refractivity contribution < 1.29 is 17.4 Å². The standard InChI is InChI=1S/C22H28O4SSi/c1-22(2,3)28(18-11-7-5-8-12-18,19-13-9-6-10-14-19)20-15-17(21(20)23)16-26-27(4,24)25/h5-14,17,20H,15-16H2,1-4H3. The number of hydrogen-bond donors (Lipinski definition) is 0. The molecule has 2 aromatic rings. The first kappa shape index (κ1) is 21.0. The van der Waals surface area contributed by atoms with Crippen molar-refractivity contribution in [3.05, 3.63) is 60.7 Å². The van der Waals surface area contributed by atoms with Gasteiger partial charge in [-0.1, -0.05) is 91.8 Å². The first-order valence-electron chi connectivity index (χ1n) is 9.56. The molecule has 0 aromatic heterocycles. The van der Waals surface area contributed by atoms with Gasteiger partial charge < -0.3 is 0 Å². The van der Waals surface area contributed by atoms with Crippen LogP contribution in [0.5, 0.6) is 0 Å².